The first kappa shape index (κ1) is 16.0. The lowest BCUT2D eigenvalue weighted by atomic mass is 10.1. The molecule has 3 rings (SSSR count). The van der Waals surface area contributed by atoms with Crippen LogP contribution in [0.2, 0.25) is 0 Å². The molecule has 3 aromatic rings. The Hall–Kier alpha value is -2.88. The second kappa shape index (κ2) is 7.13. The van der Waals surface area contributed by atoms with Crippen molar-refractivity contribution < 1.29 is 9.53 Å². The van der Waals surface area contributed by atoms with Gasteiger partial charge in [-0.1, -0.05) is 60.7 Å². The molecule has 0 aliphatic heterocycles. The third-order valence-electron chi connectivity index (χ3n) is 4.04. The zero-order valence-electron chi connectivity index (χ0n) is 13.9. The van der Waals surface area contributed by atoms with Gasteiger partial charge in [-0.05, 0) is 18.1 Å². The maximum absolute atomic E-state index is 12.6. The first-order chi connectivity index (χ1) is 11.6. The summed E-state index contributed by atoms with van der Waals surface area (Å²) in [6.45, 7) is 2.15. The minimum absolute atomic E-state index is 0.263. The molecule has 0 unspecified atom stereocenters. The average molecular weight is 320 g/mol. The van der Waals surface area contributed by atoms with Gasteiger partial charge in [-0.2, -0.15) is 5.10 Å². The molecule has 0 radical (unpaired) electrons. The highest BCUT2D eigenvalue weighted by Gasteiger charge is 2.21. The molecule has 0 atom stereocenters. The summed E-state index contributed by atoms with van der Waals surface area (Å²) in [5.74, 6) is -0.324. The molecule has 1 heterocycles. The van der Waals surface area contributed by atoms with Crippen LogP contribution in [0.25, 0.3) is 0 Å². The minimum Gasteiger partial charge on any atom is -0.457 e. The van der Waals surface area contributed by atoms with Crippen LogP contribution in [0.3, 0.4) is 0 Å². The molecule has 0 saturated carbocycles. The van der Waals surface area contributed by atoms with E-state index < -0.39 is 0 Å². The molecule has 0 aliphatic rings. The number of nitrogens with zero attached hydrogens (tertiary/aromatic N) is 2. The smallest absolute Gasteiger partial charge is 0.342 e. The molecule has 4 heteroatoms. The molecule has 0 bridgehead atoms. The summed E-state index contributed by atoms with van der Waals surface area (Å²) in [5, 5.41) is 4.50. The standard InChI is InChI=1S/C20H20N2O2/c1-15-19(20(23)24-14-17-11-7-4-8-12-17)18(21-22(15)2)13-16-9-5-3-6-10-16/h3-12H,13-14H2,1-2H3. The van der Waals surface area contributed by atoms with Gasteiger partial charge >= 0.3 is 5.97 Å². The highest BCUT2D eigenvalue weighted by atomic mass is 16.5. The van der Waals surface area contributed by atoms with Crippen LogP contribution in [0.5, 0.6) is 0 Å². The molecule has 24 heavy (non-hydrogen) atoms. The lowest BCUT2D eigenvalue weighted by Crippen LogP contribution is -2.09. The Morgan fingerprint density at radius 2 is 1.58 bits per heavy atom. The van der Waals surface area contributed by atoms with E-state index in [4.69, 9.17) is 4.74 Å². The predicted molar refractivity (Wildman–Crippen MR) is 92.8 cm³/mol. The predicted octanol–water partition coefficient (Wildman–Crippen LogP) is 3.68. The fourth-order valence-electron chi connectivity index (χ4n) is 2.65. The average Bonchev–Trinajstić information content (AvgIpc) is 2.88. The van der Waals surface area contributed by atoms with Gasteiger partial charge in [0, 0.05) is 19.2 Å². The van der Waals surface area contributed by atoms with Crippen molar-refractivity contribution in [2.45, 2.75) is 20.0 Å². The van der Waals surface area contributed by atoms with Gasteiger partial charge in [-0.15, -0.1) is 0 Å². The lowest BCUT2D eigenvalue weighted by Gasteiger charge is -2.06. The van der Waals surface area contributed by atoms with Crippen molar-refractivity contribution in [3.05, 3.63) is 88.7 Å². The number of ether oxygens (including phenoxy) is 1. The van der Waals surface area contributed by atoms with Gasteiger partial charge in [0.05, 0.1) is 5.69 Å². The fourth-order valence-corrected chi connectivity index (χ4v) is 2.65. The number of hydrogen-bond donors (Lipinski definition) is 0. The van der Waals surface area contributed by atoms with Gasteiger partial charge in [-0.3, -0.25) is 4.68 Å². The van der Waals surface area contributed by atoms with Crippen molar-refractivity contribution >= 4 is 5.97 Å². The summed E-state index contributed by atoms with van der Waals surface area (Å²) in [4.78, 5) is 12.6. The van der Waals surface area contributed by atoms with Crippen molar-refractivity contribution in [3.8, 4) is 0 Å². The number of aromatic nitrogens is 2. The van der Waals surface area contributed by atoms with Crippen molar-refractivity contribution in [2.75, 3.05) is 0 Å². The van der Waals surface area contributed by atoms with Gasteiger partial charge in [-0.25, -0.2) is 4.79 Å². The van der Waals surface area contributed by atoms with Crippen LogP contribution >= 0.6 is 0 Å². The van der Waals surface area contributed by atoms with Crippen molar-refractivity contribution in [3.63, 3.8) is 0 Å². The van der Waals surface area contributed by atoms with Gasteiger partial charge in [0.25, 0.3) is 0 Å². The molecule has 0 fully saturated rings. The fraction of sp³-hybridized carbons (Fsp3) is 0.200. The Bertz CT molecular complexity index is 824. The monoisotopic (exact) mass is 320 g/mol. The molecule has 0 amide bonds. The van der Waals surface area contributed by atoms with Crippen LogP contribution in [0, 0.1) is 6.92 Å². The van der Waals surface area contributed by atoms with Gasteiger partial charge in [0.2, 0.25) is 0 Å². The lowest BCUT2D eigenvalue weighted by molar-refractivity contribution is 0.0470. The number of benzene rings is 2. The van der Waals surface area contributed by atoms with Crippen molar-refractivity contribution in [1.82, 2.24) is 9.78 Å². The van der Waals surface area contributed by atoms with Crippen LogP contribution in [-0.4, -0.2) is 15.7 Å². The van der Waals surface area contributed by atoms with E-state index in [-0.39, 0.29) is 12.6 Å². The van der Waals surface area contributed by atoms with Crippen LogP contribution in [0.15, 0.2) is 60.7 Å². The van der Waals surface area contributed by atoms with Crippen LogP contribution in [0.4, 0.5) is 0 Å². The SMILES string of the molecule is Cc1c(C(=O)OCc2ccccc2)c(Cc2ccccc2)nn1C. The van der Waals surface area contributed by atoms with Crippen molar-refractivity contribution in [2.24, 2.45) is 7.05 Å². The molecule has 4 nitrogen and oxygen atoms in total. The second-order valence-corrected chi connectivity index (χ2v) is 5.75. The third-order valence-corrected chi connectivity index (χ3v) is 4.04. The molecular formula is C20H20N2O2. The Kier molecular flexibility index (Phi) is 4.75. The van der Waals surface area contributed by atoms with Crippen LogP contribution in [-0.2, 0) is 24.8 Å². The number of rotatable bonds is 5. The van der Waals surface area contributed by atoms with Gasteiger partial charge in [0.15, 0.2) is 0 Å². The Balaban J connectivity index is 1.80. The Morgan fingerprint density at radius 3 is 2.21 bits per heavy atom. The maximum Gasteiger partial charge on any atom is 0.342 e. The van der Waals surface area contributed by atoms with Crippen molar-refractivity contribution in [1.29, 1.82) is 0 Å². The summed E-state index contributed by atoms with van der Waals surface area (Å²) in [6.07, 6.45) is 0.609. The van der Waals surface area contributed by atoms with E-state index in [2.05, 4.69) is 5.10 Å². The van der Waals surface area contributed by atoms with Gasteiger partial charge < -0.3 is 4.74 Å². The topological polar surface area (TPSA) is 44.1 Å². The zero-order chi connectivity index (χ0) is 16.9. The highest BCUT2D eigenvalue weighted by molar-refractivity contribution is 5.92. The summed E-state index contributed by atoms with van der Waals surface area (Å²) in [6, 6.07) is 19.7. The molecule has 0 spiro atoms. The summed E-state index contributed by atoms with van der Waals surface area (Å²) in [7, 11) is 1.85. The first-order valence-corrected chi connectivity index (χ1v) is 7.92. The van der Waals surface area contributed by atoms with E-state index >= 15 is 0 Å². The van der Waals surface area contributed by atoms with Crippen LogP contribution in [0.1, 0.15) is 32.9 Å². The summed E-state index contributed by atoms with van der Waals surface area (Å²) in [5.41, 5.74) is 4.22. The van der Waals surface area contributed by atoms with E-state index in [0.29, 0.717) is 12.0 Å². The largest absolute Gasteiger partial charge is 0.457 e. The Morgan fingerprint density at radius 1 is 1.00 bits per heavy atom. The van der Waals surface area contributed by atoms with E-state index in [9.17, 15) is 4.79 Å². The molecule has 0 saturated heterocycles. The van der Waals surface area contributed by atoms with E-state index in [0.717, 1.165) is 22.5 Å². The second-order valence-electron chi connectivity index (χ2n) is 5.75. The minimum atomic E-state index is -0.324. The molecule has 0 aliphatic carbocycles. The van der Waals surface area contributed by atoms with Gasteiger partial charge in [0.1, 0.15) is 12.2 Å². The zero-order valence-corrected chi connectivity index (χ0v) is 13.9. The summed E-state index contributed by atoms with van der Waals surface area (Å²) < 4.78 is 7.23. The normalized spacial score (nSPS) is 10.6. The molecule has 122 valence electrons. The Labute approximate surface area is 141 Å². The van der Waals surface area contributed by atoms with E-state index in [1.54, 1.807) is 4.68 Å². The first-order valence-electron chi connectivity index (χ1n) is 7.92. The maximum atomic E-state index is 12.6. The number of carbonyl (C=O) groups is 1. The molecule has 2 aromatic carbocycles. The molecular weight excluding hydrogens is 300 g/mol. The van der Waals surface area contributed by atoms with E-state index in [1.807, 2.05) is 74.6 Å². The highest BCUT2D eigenvalue weighted by Crippen LogP contribution is 2.19. The van der Waals surface area contributed by atoms with E-state index in [1.165, 1.54) is 0 Å². The number of hydrogen-bond acceptors (Lipinski definition) is 3. The summed E-state index contributed by atoms with van der Waals surface area (Å²) >= 11 is 0. The third kappa shape index (κ3) is 3.54. The number of aryl methyl sites for hydroxylation is 1. The molecule has 0 N–H and O–H groups in total. The number of esters is 1. The quantitative estimate of drug-likeness (QED) is 0.674. The molecule has 1 aromatic heterocycles. The van der Waals surface area contributed by atoms with Crippen LogP contribution < -0.4 is 0 Å². The number of carbonyl (C=O) groups excluding carboxylic acids is 1.